The number of benzene rings is 1. The molecule has 0 bridgehead atoms. The Morgan fingerprint density at radius 1 is 1.32 bits per heavy atom. The second-order valence-corrected chi connectivity index (χ2v) is 5.32. The molecule has 98 valence electrons. The molecule has 5 heteroatoms. The van der Waals surface area contributed by atoms with E-state index in [1.165, 1.54) is 0 Å². The van der Waals surface area contributed by atoms with E-state index in [0.29, 0.717) is 22.5 Å². The third-order valence-electron chi connectivity index (χ3n) is 3.32. The molecule has 3 rings (SSSR count). The van der Waals surface area contributed by atoms with Crippen molar-refractivity contribution in [2.75, 3.05) is 6.54 Å². The highest BCUT2D eigenvalue weighted by atomic mass is 79.9. The number of hydrogen-bond acceptors (Lipinski definition) is 3. The lowest BCUT2D eigenvalue weighted by atomic mass is 9.95. The molecule has 1 amide bonds. The summed E-state index contributed by atoms with van der Waals surface area (Å²) in [5, 5.41) is 2.84. The molecule has 0 aliphatic carbocycles. The highest BCUT2D eigenvalue weighted by Gasteiger charge is 2.20. The van der Waals surface area contributed by atoms with Crippen molar-refractivity contribution in [1.29, 1.82) is 0 Å². The Kier molecular flexibility index (Phi) is 3.16. The molecule has 0 radical (unpaired) electrons. The molecule has 0 spiro atoms. The van der Waals surface area contributed by atoms with Gasteiger partial charge in [0.05, 0.1) is 6.04 Å². The van der Waals surface area contributed by atoms with Crippen LogP contribution in [0.2, 0.25) is 0 Å². The van der Waals surface area contributed by atoms with Crippen LogP contribution in [0.1, 0.15) is 33.3 Å². The van der Waals surface area contributed by atoms with Gasteiger partial charge in [-0.25, -0.2) is 0 Å². The van der Waals surface area contributed by atoms with Crippen LogP contribution in [0.5, 0.6) is 0 Å². The van der Waals surface area contributed by atoms with Crippen molar-refractivity contribution in [3.05, 3.63) is 57.5 Å². The number of halogens is 1. The first-order chi connectivity index (χ1) is 9.15. The number of carbonyl (C=O) groups excluding carboxylic acids is 1. The van der Waals surface area contributed by atoms with Crippen molar-refractivity contribution in [2.45, 2.75) is 12.5 Å². The van der Waals surface area contributed by atoms with E-state index >= 15 is 0 Å². The standard InChI is InChI=1S/C14H13BrN2O2/c15-12-4-3-11(19-12)13(16)9-2-1-8-5-6-17-14(18)10(8)7-9/h1-4,7,13H,5-6,16H2,(H,17,18). The highest BCUT2D eigenvalue weighted by molar-refractivity contribution is 9.10. The molecule has 4 nitrogen and oxygen atoms in total. The molecule has 19 heavy (non-hydrogen) atoms. The monoisotopic (exact) mass is 320 g/mol. The topological polar surface area (TPSA) is 68.3 Å². The second kappa shape index (κ2) is 4.83. The van der Waals surface area contributed by atoms with Crippen LogP contribution in [-0.4, -0.2) is 12.5 Å². The smallest absolute Gasteiger partial charge is 0.251 e. The van der Waals surface area contributed by atoms with E-state index in [1.807, 2.05) is 24.3 Å². The van der Waals surface area contributed by atoms with Crippen LogP contribution in [0.15, 0.2) is 39.4 Å². The van der Waals surface area contributed by atoms with Crippen LogP contribution in [0.4, 0.5) is 0 Å². The molecule has 0 saturated heterocycles. The molecule has 1 atom stereocenters. The van der Waals surface area contributed by atoms with E-state index < -0.39 is 0 Å². The first-order valence-corrected chi connectivity index (χ1v) is 6.86. The molecule has 1 aliphatic heterocycles. The lowest BCUT2D eigenvalue weighted by molar-refractivity contribution is 0.0946. The largest absolute Gasteiger partial charge is 0.452 e. The van der Waals surface area contributed by atoms with Gasteiger partial charge in [0.15, 0.2) is 4.67 Å². The van der Waals surface area contributed by atoms with E-state index in [4.69, 9.17) is 10.2 Å². The Hall–Kier alpha value is -1.59. The van der Waals surface area contributed by atoms with Gasteiger partial charge in [0, 0.05) is 12.1 Å². The van der Waals surface area contributed by atoms with Crippen LogP contribution < -0.4 is 11.1 Å². The zero-order valence-electron chi connectivity index (χ0n) is 10.2. The normalized spacial score (nSPS) is 15.8. The molecule has 1 aromatic carbocycles. The number of carbonyl (C=O) groups is 1. The van der Waals surface area contributed by atoms with Crippen molar-refractivity contribution < 1.29 is 9.21 Å². The lowest BCUT2D eigenvalue weighted by Crippen LogP contribution is -2.32. The van der Waals surface area contributed by atoms with Gasteiger partial charge >= 0.3 is 0 Å². The summed E-state index contributed by atoms with van der Waals surface area (Å²) >= 11 is 3.26. The maximum atomic E-state index is 11.8. The molecule has 1 aromatic heterocycles. The van der Waals surface area contributed by atoms with E-state index in [1.54, 1.807) is 6.07 Å². The van der Waals surface area contributed by atoms with Crippen LogP contribution in [0.25, 0.3) is 0 Å². The van der Waals surface area contributed by atoms with E-state index in [0.717, 1.165) is 17.5 Å². The van der Waals surface area contributed by atoms with Crippen molar-refractivity contribution in [2.24, 2.45) is 5.73 Å². The predicted octanol–water partition coefficient (Wildman–Crippen LogP) is 2.38. The predicted molar refractivity (Wildman–Crippen MR) is 74.9 cm³/mol. The number of nitrogens with one attached hydrogen (secondary N) is 1. The van der Waals surface area contributed by atoms with E-state index in [-0.39, 0.29) is 11.9 Å². The molecule has 1 aliphatic rings. The number of amides is 1. The van der Waals surface area contributed by atoms with Crippen molar-refractivity contribution >= 4 is 21.8 Å². The van der Waals surface area contributed by atoms with Gasteiger partial charge in [-0.05, 0) is 51.7 Å². The van der Waals surface area contributed by atoms with Crippen LogP contribution in [0.3, 0.4) is 0 Å². The number of fused-ring (bicyclic) bond motifs is 1. The Morgan fingerprint density at radius 2 is 2.16 bits per heavy atom. The van der Waals surface area contributed by atoms with Gasteiger partial charge < -0.3 is 15.5 Å². The summed E-state index contributed by atoms with van der Waals surface area (Å²) in [6.07, 6.45) is 0.864. The number of furan rings is 1. The SMILES string of the molecule is NC(c1ccc2c(c1)C(=O)NCC2)c1ccc(Br)o1. The van der Waals surface area contributed by atoms with Gasteiger partial charge in [0.1, 0.15) is 5.76 Å². The molecule has 0 saturated carbocycles. The molecule has 0 fully saturated rings. The molecule has 3 N–H and O–H groups in total. The van der Waals surface area contributed by atoms with Gasteiger partial charge in [0.2, 0.25) is 0 Å². The second-order valence-electron chi connectivity index (χ2n) is 4.54. The van der Waals surface area contributed by atoms with Crippen LogP contribution in [0, 0.1) is 0 Å². The molecule has 2 heterocycles. The fourth-order valence-electron chi connectivity index (χ4n) is 2.28. The van der Waals surface area contributed by atoms with Crippen LogP contribution in [-0.2, 0) is 6.42 Å². The Balaban J connectivity index is 1.97. The molecule has 1 unspecified atom stereocenters. The Bertz CT molecular complexity index is 636. The first-order valence-electron chi connectivity index (χ1n) is 6.07. The van der Waals surface area contributed by atoms with Crippen molar-refractivity contribution in [3.8, 4) is 0 Å². The summed E-state index contributed by atoms with van der Waals surface area (Å²) < 4.78 is 6.11. The van der Waals surface area contributed by atoms with Gasteiger partial charge in [0.25, 0.3) is 5.91 Å². The Labute approximate surface area is 119 Å². The summed E-state index contributed by atoms with van der Waals surface area (Å²) in [5.74, 6) is 0.638. The fourth-order valence-corrected chi connectivity index (χ4v) is 2.60. The van der Waals surface area contributed by atoms with Gasteiger partial charge in [-0.1, -0.05) is 12.1 Å². The minimum atomic E-state index is -0.369. The summed E-state index contributed by atoms with van der Waals surface area (Å²) in [5.41, 5.74) is 8.82. The zero-order valence-corrected chi connectivity index (χ0v) is 11.7. The maximum absolute atomic E-state index is 11.8. The first kappa shape index (κ1) is 12.4. The van der Waals surface area contributed by atoms with E-state index in [9.17, 15) is 4.79 Å². The summed E-state index contributed by atoms with van der Waals surface area (Å²) in [6.45, 7) is 0.697. The quantitative estimate of drug-likeness (QED) is 0.892. The highest BCUT2D eigenvalue weighted by Crippen LogP contribution is 2.26. The average molecular weight is 321 g/mol. The molecular weight excluding hydrogens is 308 g/mol. The summed E-state index contributed by atoms with van der Waals surface area (Å²) in [4.78, 5) is 11.8. The number of nitrogens with two attached hydrogens (primary N) is 1. The number of hydrogen-bond donors (Lipinski definition) is 2. The molecule has 2 aromatic rings. The third kappa shape index (κ3) is 2.31. The molecular formula is C14H13BrN2O2. The van der Waals surface area contributed by atoms with Crippen molar-refractivity contribution in [1.82, 2.24) is 5.32 Å². The fraction of sp³-hybridized carbons (Fsp3) is 0.214. The third-order valence-corrected chi connectivity index (χ3v) is 3.74. The average Bonchev–Trinajstić information content (AvgIpc) is 2.85. The minimum absolute atomic E-state index is 0.0316. The minimum Gasteiger partial charge on any atom is -0.452 e. The summed E-state index contributed by atoms with van der Waals surface area (Å²) in [6, 6.07) is 9.05. The van der Waals surface area contributed by atoms with Gasteiger partial charge in [-0.3, -0.25) is 4.79 Å². The number of rotatable bonds is 2. The van der Waals surface area contributed by atoms with Gasteiger partial charge in [-0.15, -0.1) is 0 Å². The lowest BCUT2D eigenvalue weighted by Gasteiger charge is -2.18. The summed E-state index contributed by atoms with van der Waals surface area (Å²) in [7, 11) is 0. The van der Waals surface area contributed by atoms with E-state index in [2.05, 4.69) is 21.2 Å². The van der Waals surface area contributed by atoms with Crippen molar-refractivity contribution in [3.63, 3.8) is 0 Å². The Morgan fingerprint density at radius 3 is 2.89 bits per heavy atom. The van der Waals surface area contributed by atoms with Crippen LogP contribution >= 0.6 is 15.9 Å². The van der Waals surface area contributed by atoms with Gasteiger partial charge in [-0.2, -0.15) is 0 Å². The maximum Gasteiger partial charge on any atom is 0.251 e. The zero-order chi connectivity index (χ0) is 13.4.